The number of halogens is 1. The lowest BCUT2D eigenvalue weighted by Gasteiger charge is -2.29. The molecule has 0 spiro atoms. The van der Waals surface area contributed by atoms with Crippen LogP contribution in [-0.4, -0.2) is 46.1 Å². The Morgan fingerprint density at radius 1 is 1.07 bits per heavy atom. The van der Waals surface area contributed by atoms with Gasteiger partial charge in [-0.2, -0.15) is 0 Å². The summed E-state index contributed by atoms with van der Waals surface area (Å²) in [6, 6.07) is 11.2. The van der Waals surface area contributed by atoms with Crippen LogP contribution >= 0.6 is 11.6 Å². The lowest BCUT2D eigenvalue weighted by molar-refractivity contribution is 0.0979. The fourth-order valence-corrected chi connectivity index (χ4v) is 5.01. The maximum absolute atomic E-state index is 13.2. The van der Waals surface area contributed by atoms with E-state index in [4.69, 9.17) is 21.1 Å². The molecule has 1 heterocycles. The second-order valence-electron chi connectivity index (χ2n) is 6.28. The van der Waals surface area contributed by atoms with Gasteiger partial charge in [-0.25, -0.2) is 8.42 Å². The predicted octanol–water partition coefficient (Wildman–Crippen LogP) is 3.19. The van der Waals surface area contributed by atoms with Crippen molar-refractivity contribution in [3.05, 3.63) is 53.1 Å². The van der Waals surface area contributed by atoms with Crippen LogP contribution in [0.1, 0.15) is 16.8 Å². The molecular weight excluding hydrogens is 390 g/mol. The minimum Gasteiger partial charge on any atom is -0.493 e. The SMILES string of the molecule is COc1ccc(N(C(=O)c2ccc(Cl)cc2)C2CCS(=O)(=O)C2)cc1OC. The lowest BCUT2D eigenvalue weighted by Crippen LogP contribution is -2.41. The minimum absolute atomic E-state index is 0.0648. The summed E-state index contributed by atoms with van der Waals surface area (Å²) in [6.45, 7) is 0. The van der Waals surface area contributed by atoms with Crippen molar-refractivity contribution >= 4 is 33.0 Å². The van der Waals surface area contributed by atoms with Crippen LogP contribution in [0.25, 0.3) is 0 Å². The van der Waals surface area contributed by atoms with E-state index in [-0.39, 0.29) is 17.4 Å². The third-order valence-corrected chi connectivity index (χ3v) is 6.53. The Morgan fingerprint density at radius 2 is 1.74 bits per heavy atom. The zero-order valence-electron chi connectivity index (χ0n) is 15.0. The Morgan fingerprint density at radius 3 is 2.30 bits per heavy atom. The average molecular weight is 410 g/mol. The van der Waals surface area contributed by atoms with Crippen LogP contribution in [0, 0.1) is 0 Å². The molecule has 1 atom stereocenters. The first-order valence-electron chi connectivity index (χ1n) is 8.36. The monoisotopic (exact) mass is 409 g/mol. The van der Waals surface area contributed by atoms with Gasteiger partial charge in [-0.3, -0.25) is 4.79 Å². The van der Waals surface area contributed by atoms with Crippen LogP contribution in [0.5, 0.6) is 11.5 Å². The van der Waals surface area contributed by atoms with Gasteiger partial charge in [0.05, 0.1) is 31.8 Å². The van der Waals surface area contributed by atoms with Crippen molar-refractivity contribution in [2.75, 3.05) is 30.6 Å². The molecule has 1 unspecified atom stereocenters. The van der Waals surface area contributed by atoms with Crippen molar-refractivity contribution in [1.82, 2.24) is 0 Å². The summed E-state index contributed by atoms with van der Waals surface area (Å²) >= 11 is 5.92. The molecule has 0 N–H and O–H groups in total. The van der Waals surface area contributed by atoms with Gasteiger partial charge in [0, 0.05) is 22.3 Å². The van der Waals surface area contributed by atoms with Crippen molar-refractivity contribution in [3.63, 3.8) is 0 Å². The molecule has 1 aliphatic rings. The highest BCUT2D eigenvalue weighted by atomic mass is 35.5. The van der Waals surface area contributed by atoms with E-state index in [0.29, 0.717) is 34.2 Å². The Bertz CT molecular complexity index is 943. The zero-order valence-corrected chi connectivity index (χ0v) is 16.6. The summed E-state index contributed by atoms with van der Waals surface area (Å²) in [5, 5.41) is 0.521. The summed E-state index contributed by atoms with van der Waals surface area (Å²) in [7, 11) is -0.138. The molecule has 0 saturated carbocycles. The summed E-state index contributed by atoms with van der Waals surface area (Å²) in [6.07, 6.45) is 0.385. The Balaban J connectivity index is 2.05. The van der Waals surface area contributed by atoms with E-state index >= 15 is 0 Å². The number of benzene rings is 2. The number of carbonyl (C=O) groups is 1. The van der Waals surface area contributed by atoms with Crippen LogP contribution in [0.15, 0.2) is 42.5 Å². The molecule has 0 bridgehead atoms. The molecule has 3 rings (SSSR count). The summed E-state index contributed by atoms with van der Waals surface area (Å²) in [4.78, 5) is 14.7. The molecule has 0 aromatic heterocycles. The van der Waals surface area contributed by atoms with Crippen molar-refractivity contribution < 1.29 is 22.7 Å². The fraction of sp³-hybridized carbons (Fsp3) is 0.316. The number of hydrogen-bond acceptors (Lipinski definition) is 5. The highest BCUT2D eigenvalue weighted by molar-refractivity contribution is 7.91. The predicted molar refractivity (Wildman–Crippen MR) is 105 cm³/mol. The van der Waals surface area contributed by atoms with Crippen molar-refractivity contribution in [1.29, 1.82) is 0 Å². The molecule has 6 nitrogen and oxygen atoms in total. The van der Waals surface area contributed by atoms with Crippen molar-refractivity contribution in [2.45, 2.75) is 12.5 Å². The molecule has 0 aliphatic carbocycles. The van der Waals surface area contributed by atoms with E-state index < -0.39 is 15.9 Å². The maximum Gasteiger partial charge on any atom is 0.258 e. The van der Waals surface area contributed by atoms with Crippen LogP contribution < -0.4 is 14.4 Å². The van der Waals surface area contributed by atoms with E-state index in [1.165, 1.54) is 19.1 Å². The van der Waals surface area contributed by atoms with Gasteiger partial charge in [-0.1, -0.05) is 11.6 Å². The topological polar surface area (TPSA) is 72.9 Å². The molecule has 1 aliphatic heterocycles. The fourth-order valence-electron chi connectivity index (χ4n) is 3.18. The molecular formula is C19H20ClNO5S. The van der Waals surface area contributed by atoms with E-state index in [9.17, 15) is 13.2 Å². The second-order valence-corrected chi connectivity index (χ2v) is 8.94. The van der Waals surface area contributed by atoms with Gasteiger partial charge in [-0.05, 0) is 42.8 Å². The largest absolute Gasteiger partial charge is 0.493 e. The molecule has 1 amide bonds. The number of anilines is 1. The van der Waals surface area contributed by atoms with E-state index in [1.807, 2.05) is 0 Å². The highest BCUT2D eigenvalue weighted by Gasteiger charge is 2.36. The summed E-state index contributed by atoms with van der Waals surface area (Å²) in [5.74, 6) is 0.695. The van der Waals surface area contributed by atoms with Gasteiger partial charge in [0.2, 0.25) is 0 Å². The number of amides is 1. The Labute approximate surface area is 163 Å². The number of nitrogens with zero attached hydrogens (tertiary/aromatic N) is 1. The number of carbonyl (C=O) groups excluding carboxylic acids is 1. The quantitative estimate of drug-likeness (QED) is 0.758. The summed E-state index contributed by atoms with van der Waals surface area (Å²) in [5.41, 5.74) is 0.980. The Hall–Kier alpha value is -2.25. The molecule has 0 radical (unpaired) electrons. The van der Waals surface area contributed by atoms with Gasteiger partial charge in [0.1, 0.15) is 0 Å². The third kappa shape index (κ3) is 4.20. The van der Waals surface area contributed by atoms with Gasteiger partial charge < -0.3 is 14.4 Å². The first-order valence-corrected chi connectivity index (χ1v) is 10.6. The number of methoxy groups -OCH3 is 2. The van der Waals surface area contributed by atoms with Crippen LogP contribution in [0.2, 0.25) is 5.02 Å². The van der Waals surface area contributed by atoms with Crippen LogP contribution in [-0.2, 0) is 9.84 Å². The number of ether oxygens (including phenoxy) is 2. The van der Waals surface area contributed by atoms with Gasteiger partial charge >= 0.3 is 0 Å². The van der Waals surface area contributed by atoms with Crippen molar-refractivity contribution in [2.24, 2.45) is 0 Å². The molecule has 8 heteroatoms. The van der Waals surface area contributed by atoms with Crippen molar-refractivity contribution in [3.8, 4) is 11.5 Å². The third-order valence-electron chi connectivity index (χ3n) is 4.53. The molecule has 27 heavy (non-hydrogen) atoms. The van der Waals surface area contributed by atoms with E-state index in [0.717, 1.165) is 0 Å². The molecule has 2 aromatic rings. The average Bonchev–Trinajstić information content (AvgIpc) is 3.01. The van der Waals surface area contributed by atoms with E-state index in [1.54, 1.807) is 42.5 Å². The van der Waals surface area contributed by atoms with Crippen LogP contribution in [0.4, 0.5) is 5.69 Å². The van der Waals surface area contributed by atoms with Crippen LogP contribution in [0.3, 0.4) is 0 Å². The maximum atomic E-state index is 13.2. The molecule has 2 aromatic carbocycles. The number of sulfone groups is 1. The van der Waals surface area contributed by atoms with Gasteiger partial charge in [0.15, 0.2) is 21.3 Å². The standard InChI is InChI=1S/C19H20ClNO5S/c1-25-17-8-7-15(11-18(17)26-2)21(16-9-10-27(23,24)12-16)19(22)13-3-5-14(20)6-4-13/h3-8,11,16H,9-10,12H2,1-2H3. The highest BCUT2D eigenvalue weighted by Crippen LogP contribution is 2.34. The molecule has 1 saturated heterocycles. The Kier molecular flexibility index (Phi) is 5.62. The zero-order chi connectivity index (χ0) is 19.6. The number of hydrogen-bond donors (Lipinski definition) is 0. The normalized spacial score (nSPS) is 18.1. The molecule has 1 fully saturated rings. The van der Waals surface area contributed by atoms with Gasteiger partial charge in [0.25, 0.3) is 5.91 Å². The van der Waals surface area contributed by atoms with Gasteiger partial charge in [-0.15, -0.1) is 0 Å². The first kappa shape index (κ1) is 19.5. The minimum atomic E-state index is -3.17. The summed E-state index contributed by atoms with van der Waals surface area (Å²) < 4.78 is 34.6. The number of rotatable bonds is 5. The molecule has 144 valence electrons. The second kappa shape index (κ2) is 7.78. The smallest absolute Gasteiger partial charge is 0.258 e. The first-order chi connectivity index (χ1) is 12.8. The lowest BCUT2D eigenvalue weighted by atomic mass is 10.1. The van der Waals surface area contributed by atoms with E-state index in [2.05, 4.69) is 0 Å².